The Hall–Kier alpha value is -0.770. The molecule has 5 heteroatoms. The SMILES string of the molecule is COCCC1(Cn2c(CCCl)nc3cc(Cl)ccc32)CC1. The van der Waals surface area contributed by atoms with Crippen LogP contribution in [0.3, 0.4) is 0 Å². The van der Waals surface area contributed by atoms with Crippen LogP contribution in [0.25, 0.3) is 11.0 Å². The molecule has 0 radical (unpaired) electrons. The molecule has 0 bridgehead atoms. The van der Waals surface area contributed by atoms with Gasteiger partial charge in [-0.15, -0.1) is 11.6 Å². The van der Waals surface area contributed by atoms with Crippen molar-refractivity contribution in [3.63, 3.8) is 0 Å². The molecule has 0 spiro atoms. The lowest BCUT2D eigenvalue weighted by Crippen LogP contribution is -2.16. The van der Waals surface area contributed by atoms with Crippen LogP contribution in [-0.2, 0) is 17.7 Å². The molecule has 1 aliphatic carbocycles. The van der Waals surface area contributed by atoms with Gasteiger partial charge in [0, 0.05) is 37.6 Å². The highest BCUT2D eigenvalue weighted by molar-refractivity contribution is 6.31. The van der Waals surface area contributed by atoms with E-state index in [0.29, 0.717) is 11.3 Å². The average molecular weight is 327 g/mol. The van der Waals surface area contributed by atoms with E-state index in [-0.39, 0.29) is 0 Å². The number of aromatic nitrogens is 2. The van der Waals surface area contributed by atoms with E-state index in [9.17, 15) is 0 Å². The van der Waals surface area contributed by atoms with E-state index in [0.717, 1.165) is 47.9 Å². The Bertz CT molecular complexity index is 634. The Balaban J connectivity index is 1.94. The molecule has 1 fully saturated rings. The van der Waals surface area contributed by atoms with E-state index in [1.54, 1.807) is 7.11 Å². The van der Waals surface area contributed by atoms with Crippen LogP contribution in [0.4, 0.5) is 0 Å². The Morgan fingerprint density at radius 3 is 2.86 bits per heavy atom. The lowest BCUT2D eigenvalue weighted by Gasteiger charge is -2.18. The fourth-order valence-corrected chi connectivity index (χ4v) is 3.26. The van der Waals surface area contributed by atoms with Crippen LogP contribution in [0.15, 0.2) is 18.2 Å². The number of halogens is 2. The summed E-state index contributed by atoms with van der Waals surface area (Å²) in [5, 5.41) is 0.727. The number of aryl methyl sites for hydroxylation is 1. The monoisotopic (exact) mass is 326 g/mol. The number of nitrogens with zero attached hydrogens (tertiary/aromatic N) is 2. The van der Waals surface area contributed by atoms with E-state index >= 15 is 0 Å². The molecule has 0 amide bonds. The summed E-state index contributed by atoms with van der Waals surface area (Å²) in [6, 6.07) is 5.93. The van der Waals surface area contributed by atoms with Gasteiger partial charge in [0.25, 0.3) is 0 Å². The van der Waals surface area contributed by atoms with Crippen molar-refractivity contribution in [1.29, 1.82) is 0 Å². The van der Waals surface area contributed by atoms with Crippen molar-refractivity contribution in [3.8, 4) is 0 Å². The standard InChI is InChI=1S/C16H20Cl2N2O/c1-21-9-7-16(5-6-16)11-20-14-3-2-12(18)10-13(14)19-15(20)4-8-17/h2-3,10H,4-9,11H2,1H3. The molecule has 1 aromatic carbocycles. The van der Waals surface area contributed by atoms with E-state index in [1.165, 1.54) is 12.8 Å². The van der Waals surface area contributed by atoms with E-state index < -0.39 is 0 Å². The van der Waals surface area contributed by atoms with Crippen molar-refractivity contribution in [2.75, 3.05) is 19.6 Å². The second-order valence-electron chi connectivity index (χ2n) is 5.93. The van der Waals surface area contributed by atoms with Gasteiger partial charge in [0.15, 0.2) is 0 Å². The maximum atomic E-state index is 6.08. The van der Waals surface area contributed by atoms with Crippen molar-refractivity contribution in [1.82, 2.24) is 9.55 Å². The number of rotatable bonds is 7. The minimum Gasteiger partial charge on any atom is -0.385 e. The van der Waals surface area contributed by atoms with E-state index in [2.05, 4.69) is 10.6 Å². The molecule has 1 saturated carbocycles. The first kappa shape index (κ1) is 15.1. The number of fused-ring (bicyclic) bond motifs is 1. The largest absolute Gasteiger partial charge is 0.385 e. The molecule has 1 heterocycles. The average Bonchev–Trinajstić information content (AvgIpc) is 3.16. The number of benzene rings is 1. The summed E-state index contributed by atoms with van der Waals surface area (Å²) < 4.78 is 7.58. The third-order valence-corrected chi connectivity index (χ3v) is 4.82. The van der Waals surface area contributed by atoms with Crippen molar-refractivity contribution < 1.29 is 4.74 Å². The lowest BCUT2D eigenvalue weighted by molar-refractivity contribution is 0.167. The third-order valence-electron chi connectivity index (χ3n) is 4.39. The van der Waals surface area contributed by atoms with E-state index in [4.69, 9.17) is 32.9 Å². The number of imidazole rings is 1. The van der Waals surface area contributed by atoms with Crippen LogP contribution in [0.1, 0.15) is 25.1 Å². The summed E-state index contributed by atoms with van der Waals surface area (Å²) in [5.41, 5.74) is 2.50. The van der Waals surface area contributed by atoms with Crippen molar-refractivity contribution >= 4 is 34.2 Å². The molecule has 3 rings (SSSR count). The minimum absolute atomic E-state index is 0.379. The van der Waals surface area contributed by atoms with Crippen LogP contribution in [0.5, 0.6) is 0 Å². The zero-order valence-corrected chi connectivity index (χ0v) is 13.8. The summed E-state index contributed by atoms with van der Waals surface area (Å²) in [6.07, 6.45) is 4.43. The van der Waals surface area contributed by atoms with Crippen LogP contribution in [0.2, 0.25) is 5.02 Å². The first-order valence-electron chi connectivity index (χ1n) is 7.37. The molecule has 1 aromatic heterocycles. The van der Waals surface area contributed by atoms with Gasteiger partial charge < -0.3 is 9.30 Å². The predicted octanol–water partition coefficient (Wildman–Crippen LogP) is 4.29. The molecule has 1 aliphatic rings. The normalized spacial score (nSPS) is 16.5. The van der Waals surface area contributed by atoms with E-state index in [1.807, 2.05) is 12.1 Å². The molecular formula is C16H20Cl2N2O. The Morgan fingerprint density at radius 2 is 2.19 bits per heavy atom. The third kappa shape index (κ3) is 3.20. The summed E-state index contributed by atoms with van der Waals surface area (Å²) in [5.74, 6) is 1.65. The first-order valence-corrected chi connectivity index (χ1v) is 8.28. The van der Waals surface area contributed by atoms with Gasteiger partial charge in [-0.2, -0.15) is 0 Å². The highest BCUT2D eigenvalue weighted by Gasteiger charge is 2.42. The van der Waals surface area contributed by atoms with Gasteiger partial charge in [0.05, 0.1) is 11.0 Å². The molecule has 21 heavy (non-hydrogen) atoms. The molecule has 2 aromatic rings. The number of methoxy groups -OCH3 is 1. The van der Waals surface area contributed by atoms with Gasteiger partial charge in [-0.05, 0) is 42.9 Å². The fourth-order valence-electron chi connectivity index (χ4n) is 2.92. The highest BCUT2D eigenvalue weighted by Crippen LogP contribution is 2.50. The van der Waals surface area contributed by atoms with Gasteiger partial charge in [-0.25, -0.2) is 4.98 Å². The summed E-state index contributed by atoms with van der Waals surface area (Å²) >= 11 is 12.0. The Kier molecular flexibility index (Phi) is 4.43. The van der Waals surface area contributed by atoms with Gasteiger partial charge in [-0.1, -0.05) is 11.6 Å². The van der Waals surface area contributed by atoms with Crippen LogP contribution < -0.4 is 0 Å². The zero-order chi connectivity index (χ0) is 14.9. The van der Waals surface area contributed by atoms with Crippen molar-refractivity contribution in [2.24, 2.45) is 5.41 Å². The van der Waals surface area contributed by atoms with Gasteiger partial charge >= 0.3 is 0 Å². The molecule has 0 atom stereocenters. The van der Waals surface area contributed by atoms with Crippen LogP contribution in [0, 0.1) is 5.41 Å². The highest BCUT2D eigenvalue weighted by atomic mass is 35.5. The Labute approximate surface area is 135 Å². The second-order valence-corrected chi connectivity index (χ2v) is 6.74. The fraction of sp³-hybridized carbons (Fsp3) is 0.562. The molecule has 3 nitrogen and oxygen atoms in total. The number of alkyl halides is 1. The molecule has 0 unspecified atom stereocenters. The number of hydrogen-bond donors (Lipinski definition) is 0. The predicted molar refractivity (Wildman–Crippen MR) is 87.3 cm³/mol. The van der Waals surface area contributed by atoms with Crippen LogP contribution >= 0.6 is 23.2 Å². The maximum Gasteiger partial charge on any atom is 0.111 e. The number of hydrogen-bond acceptors (Lipinski definition) is 2. The zero-order valence-electron chi connectivity index (χ0n) is 12.2. The van der Waals surface area contributed by atoms with Gasteiger partial charge in [0.2, 0.25) is 0 Å². The second kappa shape index (κ2) is 6.15. The minimum atomic E-state index is 0.379. The lowest BCUT2D eigenvalue weighted by atomic mass is 10.0. The maximum absolute atomic E-state index is 6.08. The first-order chi connectivity index (χ1) is 10.2. The van der Waals surface area contributed by atoms with Gasteiger partial charge in [0.1, 0.15) is 5.82 Å². The quantitative estimate of drug-likeness (QED) is 0.710. The molecule has 0 aliphatic heterocycles. The van der Waals surface area contributed by atoms with Crippen molar-refractivity contribution in [2.45, 2.75) is 32.2 Å². The Morgan fingerprint density at radius 1 is 1.38 bits per heavy atom. The summed E-state index contributed by atoms with van der Waals surface area (Å²) in [4.78, 5) is 4.72. The summed E-state index contributed by atoms with van der Waals surface area (Å²) in [6.45, 7) is 1.82. The number of ether oxygens (including phenoxy) is 1. The van der Waals surface area contributed by atoms with Gasteiger partial charge in [-0.3, -0.25) is 0 Å². The molecule has 114 valence electrons. The molecular weight excluding hydrogens is 307 g/mol. The topological polar surface area (TPSA) is 27.1 Å². The summed E-state index contributed by atoms with van der Waals surface area (Å²) in [7, 11) is 1.77. The molecule has 0 N–H and O–H groups in total. The molecule has 0 saturated heterocycles. The smallest absolute Gasteiger partial charge is 0.111 e. The van der Waals surface area contributed by atoms with Crippen LogP contribution in [-0.4, -0.2) is 29.1 Å². The van der Waals surface area contributed by atoms with Crippen molar-refractivity contribution in [3.05, 3.63) is 29.0 Å².